The van der Waals surface area contributed by atoms with Crippen molar-refractivity contribution in [1.29, 1.82) is 0 Å². The van der Waals surface area contributed by atoms with Crippen LogP contribution in [0.3, 0.4) is 0 Å². The summed E-state index contributed by atoms with van der Waals surface area (Å²) in [4.78, 5) is 30.1. The van der Waals surface area contributed by atoms with E-state index in [9.17, 15) is 14.7 Å². The van der Waals surface area contributed by atoms with E-state index in [0.29, 0.717) is 36.4 Å². The molecule has 0 saturated carbocycles. The Bertz CT molecular complexity index is 1170. The third kappa shape index (κ3) is 4.98. The third-order valence-electron chi connectivity index (χ3n) is 5.19. The Morgan fingerprint density at radius 3 is 2.50 bits per heavy atom. The lowest BCUT2D eigenvalue weighted by molar-refractivity contribution is -0.138. The van der Waals surface area contributed by atoms with Crippen LogP contribution in [0.5, 0.6) is 5.75 Å². The Morgan fingerprint density at radius 1 is 1.22 bits per heavy atom. The Hall–Kier alpha value is -2.81. The summed E-state index contributed by atoms with van der Waals surface area (Å²) in [5.41, 5.74) is 1.98. The number of nitrogens with zero attached hydrogens (tertiary/aromatic N) is 4. The minimum atomic E-state index is -0.908. The van der Waals surface area contributed by atoms with Crippen LogP contribution in [0, 0.1) is 0 Å². The summed E-state index contributed by atoms with van der Waals surface area (Å²) < 4.78 is 8.23. The van der Waals surface area contributed by atoms with Crippen LogP contribution in [0.2, 0.25) is 0 Å². The number of hydrogen-bond acceptors (Lipinski definition) is 6. The molecule has 0 saturated heterocycles. The number of aryl methyl sites for hydroxylation is 3. The highest BCUT2D eigenvalue weighted by molar-refractivity contribution is 8.01. The number of fused-ring (bicyclic) bond motifs is 1. The van der Waals surface area contributed by atoms with Gasteiger partial charge >= 0.3 is 5.97 Å². The fraction of sp³-hybridized carbons (Fsp3) is 0.478. The molecule has 2 aromatic heterocycles. The van der Waals surface area contributed by atoms with Gasteiger partial charge in [0, 0.05) is 18.4 Å². The first kappa shape index (κ1) is 23.8. The molecule has 1 aromatic carbocycles. The minimum absolute atomic E-state index is 0.101. The van der Waals surface area contributed by atoms with Crippen LogP contribution < -0.4 is 10.3 Å². The monoisotopic (exact) mass is 458 g/mol. The van der Waals surface area contributed by atoms with Crippen molar-refractivity contribution in [2.24, 2.45) is 7.05 Å². The van der Waals surface area contributed by atoms with Crippen LogP contribution in [0.1, 0.15) is 45.6 Å². The zero-order valence-corrected chi connectivity index (χ0v) is 20.0. The quantitative estimate of drug-likeness (QED) is 0.463. The average molecular weight is 459 g/mol. The maximum absolute atomic E-state index is 13.2. The van der Waals surface area contributed by atoms with Crippen molar-refractivity contribution in [2.45, 2.75) is 63.1 Å². The summed E-state index contributed by atoms with van der Waals surface area (Å²) in [6.07, 6.45) is 2.37. The van der Waals surface area contributed by atoms with E-state index in [-0.39, 0.29) is 5.56 Å². The lowest BCUT2D eigenvalue weighted by Gasteiger charge is -2.18. The van der Waals surface area contributed by atoms with E-state index in [0.717, 1.165) is 29.3 Å². The molecule has 32 heavy (non-hydrogen) atoms. The summed E-state index contributed by atoms with van der Waals surface area (Å²) in [6.45, 7) is 8.10. The molecule has 3 aromatic rings. The molecular formula is C23H30N4O4S. The smallest absolute Gasteiger partial charge is 0.319 e. The molecule has 172 valence electrons. The minimum Gasteiger partial charge on any atom is -0.492 e. The van der Waals surface area contributed by atoms with Crippen molar-refractivity contribution in [3.8, 4) is 5.75 Å². The summed E-state index contributed by atoms with van der Waals surface area (Å²) in [5.74, 6) is 0.522. The zero-order chi connectivity index (χ0) is 23.5. The molecule has 1 N–H and O–H groups in total. The highest BCUT2D eigenvalue weighted by Gasteiger charge is 2.28. The standard InChI is InChI=1S/C23H30N4O4S/c1-6-8-17-19-20(26(5)25-17)21(28)27(18(7-2)24-19)13-14-31-15-9-11-16(12-10-15)32-23(3,4)22(29)30/h9-12H,6-8,13-14H2,1-5H3,(H,29,30). The second kappa shape index (κ2) is 9.77. The average Bonchev–Trinajstić information content (AvgIpc) is 3.06. The van der Waals surface area contributed by atoms with E-state index in [4.69, 9.17) is 9.72 Å². The highest BCUT2D eigenvalue weighted by atomic mass is 32.2. The van der Waals surface area contributed by atoms with Crippen LogP contribution >= 0.6 is 11.8 Å². The summed E-state index contributed by atoms with van der Waals surface area (Å²) >= 11 is 1.28. The second-order valence-corrected chi connectivity index (χ2v) is 9.79. The maximum atomic E-state index is 13.2. The predicted octanol–water partition coefficient (Wildman–Crippen LogP) is 3.68. The van der Waals surface area contributed by atoms with Gasteiger partial charge in [-0.05, 0) is 44.5 Å². The molecule has 0 aliphatic heterocycles. The van der Waals surface area contributed by atoms with E-state index in [2.05, 4.69) is 12.0 Å². The van der Waals surface area contributed by atoms with Crippen molar-refractivity contribution in [1.82, 2.24) is 19.3 Å². The molecule has 8 nitrogen and oxygen atoms in total. The number of carbonyl (C=O) groups is 1. The fourth-order valence-corrected chi connectivity index (χ4v) is 4.41. The Labute approximate surface area is 191 Å². The molecule has 0 aliphatic rings. The Balaban J connectivity index is 1.74. The molecule has 0 unspecified atom stereocenters. The molecule has 0 spiro atoms. The normalized spacial score (nSPS) is 11.8. The molecule has 0 amide bonds. The van der Waals surface area contributed by atoms with E-state index in [1.165, 1.54) is 11.8 Å². The van der Waals surface area contributed by atoms with Gasteiger partial charge in [0.05, 0.1) is 12.2 Å². The van der Waals surface area contributed by atoms with Gasteiger partial charge in [0.2, 0.25) is 0 Å². The molecule has 0 bridgehead atoms. The van der Waals surface area contributed by atoms with Gasteiger partial charge in [0.15, 0.2) is 5.52 Å². The van der Waals surface area contributed by atoms with Crippen molar-refractivity contribution in [3.63, 3.8) is 0 Å². The van der Waals surface area contributed by atoms with Crippen molar-refractivity contribution >= 4 is 28.8 Å². The van der Waals surface area contributed by atoms with Gasteiger partial charge in [-0.3, -0.25) is 18.8 Å². The number of carboxylic acid groups (broad SMARTS) is 1. The number of aromatic nitrogens is 4. The summed E-state index contributed by atoms with van der Waals surface area (Å²) in [5, 5.41) is 13.8. The fourth-order valence-electron chi connectivity index (χ4n) is 3.46. The molecule has 0 aliphatic carbocycles. The molecular weight excluding hydrogens is 428 g/mol. The van der Waals surface area contributed by atoms with Gasteiger partial charge < -0.3 is 9.84 Å². The number of benzene rings is 1. The number of thioether (sulfide) groups is 1. The Kier molecular flexibility index (Phi) is 7.28. The number of aliphatic carboxylic acids is 1. The highest BCUT2D eigenvalue weighted by Crippen LogP contribution is 2.33. The van der Waals surface area contributed by atoms with Crippen LogP contribution in [0.15, 0.2) is 34.0 Å². The predicted molar refractivity (Wildman–Crippen MR) is 126 cm³/mol. The lowest BCUT2D eigenvalue weighted by Crippen LogP contribution is -2.28. The van der Waals surface area contributed by atoms with Gasteiger partial charge in [-0.1, -0.05) is 20.3 Å². The first-order valence-electron chi connectivity index (χ1n) is 10.8. The van der Waals surface area contributed by atoms with E-state index >= 15 is 0 Å². The van der Waals surface area contributed by atoms with Crippen LogP contribution in [-0.4, -0.2) is 41.8 Å². The Morgan fingerprint density at radius 2 is 1.91 bits per heavy atom. The summed E-state index contributed by atoms with van der Waals surface area (Å²) in [7, 11) is 1.78. The summed E-state index contributed by atoms with van der Waals surface area (Å²) in [6, 6.07) is 7.30. The molecule has 0 fully saturated rings. The van der Waals surface area contributed by atoms with E-state index < -0.39 is 10.7 Å². The zero-order valence-electron chi connectivity index (χ0n) is 19.2. The van der Waals surface area contributed by atoms with Crippen LogP contribution in [0.4, 0.5) is 0 Å². The number of carboxylic acids is 1. The van der Waals surface area contributed by atoms with Crippen molar-refractivity contribution in [2.75, 3.05) is 6.61 Å². The molecule has 3 rings (SSSR count). The largest absolute Gasteiger partial charge is 0.492 e. The van der Waals surface area contributed by atoms with E-state index in [1.54, 1.807) is 30.1 Å². The molecule has 9 heteroatoms. The van der Waals surface area contributed by atoms with Crippen LogP contribution in [0.25, 0.3) is 11.0 Å². The lowest BCUT2D eigenvalue weighted by atomic mass is 10.2. The van der Waals surface area contributed by atoms with Crippen LogP contribution in [-0.2, 0) is 31.2 Å². The van der Waals surface area contributed by atoms with Gasteiger partial charge in [0.1, 0.15) is 28.4 Å². The topological polar surface area (TPSA) is 99.2 Å². The van der Waals surface area contributed by atoms with Gasteiger partial charge in [-0.2, -0.15) is 5.10 Å². The van der Waals surface area contributed by atoms with Crippen molar-refractivity contribution < 1.29 is 14.6 Å². The SMILES string of the molecule is CCCc1nn(C)c2c(=O)n(CCOc3ccc(SC(C)(C)C(=O)O)cc3)c(CC)nc12. The third-order valence-corrected chi connectivity index (χ3v) is 6.38. The molecule has 2 heterocycles. The van der Waals surface area contributed by atoms with Gasteiger partial charge in [-0.15, -0.1) is 11.8 Å². The molecule has 0 radical (unpaired) electrons. The first-order chi connectivity index (χ1) is 15.2. The molecule has 0 atom stereocenters. The van der Waals surface area contributed by atoms with Crippen molar-refractivity contribution in [3.05, 3.63) is 46.1 Å². The van der Waals surface area contributed by atoms with Gasteiger partial charge in [-0.25, -0.2) is 4.98 Å². The number of rotatable bonds is 10. The van der Waals surface area contributed by atoms with E-state index in [1.807, 2.05) is 31.2 Å². The maximum Gasteiger partial charge on any atom is 0.319 e. The first-order valence-corrected chi connectivity index (χ1v) is 11.6. The number of hydrogen-bond donors (Lipinski definition) is 1. The van der Waals surface area contributed by atoms with Gasteiger partial charge in [0.25, 0.3) is 5.56 Å². The second-order valence-electron chi connectivity index (χ2n) is 8.09. The number of ether oxygens (including phenoxy) is 1.